The fourth-order valence-corrected chi connectivity index (χ4v) is 1.89. The number of alkyl carbamates (subject to hydrolysis) is 1. The number of halogens is 1. The summed E-state index contributed by atoms with van der Waals surface area (Å²) in [5.74, 6) is 5.63. The van der Waals surface area contributed by atoms with Crippen molar-refractivity contribution in [2.45, 2.75) is 20.0 Å². The number of carbonyl (C=O) groups is 1. The molecule has 0 bridgehead atoms. The Morgan fingerprint density at radius 1 is 1.22 bits per heavy atom. The summed E-state index contributed by atoms with van der Waals surface area (Å²) in [5.41, 5.74) is 2.27. The fourth-order valence-electron chi connectivity index (χ4n) is 1.89. The van der Waals surface area contributed by atoms with Crippen LogP contribution in [0.25, 0.3) is 0 Å². The smallest absolute Gasteiger partial charge is 0.407 e. The molecule has 0 unspecified atom stereocenters. The van der Waals surface area contributed by atoms with E-state index in [9.17, 15) is 9.18 Å². The highest BCUT2D eigenvalue weighted by molar-refractivity contribution is 5.67. The third-order valence-electron chi connectivity index (χ3n) is 3.12. The van der Waals surface area contributed by atoms with Gasteiger partial charge in [-0.1, -0.05) is 42.2 Å². The van der Waals surface area contributed by atoms with E-state index in [2.05, 4.69) is 17.2 Å². The van der Waals surface area contributed by atoms with Crippen LogP contribution in [0.4, 0.5) is 9.18 Å². The maximum absolute atomic E-state index is 13.1. The van der Waals surface area contributed by atoms with E-state index < -0.39 is 6.09 Å². The monoisotopic (exact) mass is 311 g/mol. The number of hydrogen-bond acceptors (Lipinski definition) is 2. The Morgan fingerprint density at radius 2 is 2.00 bits per heavy atom. The normalized spacial score (nSPS) is 9.65. The molecular formula is C19H18FNO2. The van der Waals surface area contributed by atoms with E-state index in [-0.39, 0.29) is 12.4 Å². The molecule has 23 heavy (non-hydrogen) atoms. The molecule has 0 atom stereocenters. The maximum atomic E-state index is 13.1. The average molecular weight is 311 g/mol. The zero-order valence-electron chi connectivity index (χ0n) is 12.9. The molecule has 0 fully saturated rings. The lowest BCUT2D eigenvalue weighted by atomic mass is 10.1. The minimum atomic E-state index is -0.465. The van der Waals surface area contributed by atoms with E-state index in [1.807, 2.05) is 30.3 Å². The number of hydrogen-bond donors (Lipinski definition) is 1. The first-order chi connectivity index (χ1) is 11.1. The van der Waals surface area contributed by atoms with Crippen molar-refractivity contribution in [3.63, 3.8) is 0 Å². The topological polar surface area (TPSA) is 38.3 Å². The molecular weight excluding hydrogens is 293 g/mol. The van der Waals surface area contributed by atoms with Crippen molar-refractivity contribution in [2.24, 2.45) is 0 Å². The Kier molecular flexibility index (Phi) is 6.19. The molecule has 0 aromatic heterocycles. The second kappa shape index (κ2) is 8.60. The van der Waals surface area contributed by atoms with Crippen molar-refractivity contribution in [3.05, 3.63) is 71.0 Å². The van der Waals surface area contributed by atoms with Gasteiger partial charge in [0.15, 0.2) is 0 Å². The SMILES string of the molecule is Cc1cc(C#CCCNC(=O)OCc2ccccc2)ccc1F. The second-order valence-corrected chi connectivity index (χ2v) is 5.00. The molecule has 2 aromatic carbocycles. The summed E-state index contributed by atoms with van der Waals surface area (Å²) in [6.07, 6.45) is 0.0323. The highest BCUT2D eigenvalue weighted by atomic mass is 19.1. The summed E-state index contributed by atoms with van der Waals surface area (Å²) < 4.78 is 18.2. The first-order valence-electron chi connectivity index (χ1n) is 7.35. The van der Waals surface area contributed by atoms with Gasteiger partial charge in [0.2, 0.25) is 0 Å². The molecule has 1 amide bonds. The van der Waals surface area contributed by atoms with Gasteiger partial charge in [-0.25, -0.2) is 9.18 Å². The molecule has 4 heteroatoms. The van der Waals surface area contributed by atoms with Crippen molar-refractivity contribution < 1.29 is 13.9 Å². The Hall–Kier alpha value is -2.80. The summed E-state index contributed by atoms with van der Waals surface area (Å²) in [4.78, 5) is 11.5. The molecule has 0 heterocycles. The average Bonchev–Trinajstić information content (AvgIpc) is 2.57. The molecule has 3 nitrogen and oxygen atoms in total. The van der Waals surface area contributed by atoms with Crippen molar-refractivity contribution in [1.82, 2.24) is 5.32 Å². The number of benzene rings is 2. The number of aryl methyl sites for hydroxylation is 1. The molecule has 0 saturated carbocycles. The Labute approximate surface area is 135 Å². The van der Waals surface area contributed by atoms with Crippen LogP contribution in [-0.2, 0) is 11.3 Å². The summed E-state index contributed by atoms with van der Waals surface area (Å²) in [6, 6.07) is 14.2. The molecule has 2 aromatic rings. The molecule has 0 saturated heterocycles. The predicted octanol–water partition coefficient (Wildman–Crippen LogP) is 3.80. The standard InChI is InChI=1S/C19H18FNO2/c1-15-13-16(10-11-18(15)20)7-5-6-12-21-19(22)23-14-17-8-3-2-4-9-17/h2-4,8-11,13H,6,12,14H2,1H3,(H,21,22). The van der Waals surface area contributed by atoms with Crippen LogP contribution in [-0.4, -0.2) is 12.6 Å². The lowest BCUT2D eigenvalue weighted by molar-refractivity contribution is 0.140. The van der Waals surface area contributed by atoms with Gasteiger partial charge in [0.05, 0.1) is 0 Å². The van der Waals surface area contributed by atoms with Crippen molar-refractivity contribution in [2.75, 3.05) is 6.54 Å². The zero-order chi connectivity index (χ0) is 16.5. The van der Waals surface area contributed by atoms with Crippen molar-refractivity contribution in [3.8, 4) is 11.8 Å². The van der Waals surface area contributed by atoms with E-state index in [0.29, 0.717) is 18.5 Å². The van der Waals surface area contributed by atoms with Gasteiger partial charge in [-0.15, -0.1) is 0 Å². The van der Waals surface area contributed by atoms with Crippen LogP contribution >= 0.6 is 0 Å². The predicted molar refractivity (Wildman–Crippen MR) is 87.3 cm³/mol. The van der Waals surface area contributed by atoms with E-state index >= 15 is 0 Å². The first kappa shape index (κ1) is 16.6. The molecule has 0 aliphatic rings. The van der Waals surface area contributed by atoms with Gasteiger partial charge in [-0.05, 0) is 36.2 Å². The molecule has 2 rings (SSSR count). The third-order valence-corrected chi connectivity index (χ3v) is 3.12. The fraction of sp³-hybridized carbons (Fsp3) is 0.211. The van der Waals surface area contributed by atoms with Gasteiger partial charge in [0.1, 0.15) is 12.4 Å². The van der Waals surface area contributed by atoms with Gasteiger partial charge in [-0.2, -0.15) is 0 Å². The number of amides is 1. The summed E-state index contributed by atoms with van der Waals surface area (Å²) in [7, 11) is 0. The Morgan fingerprint density at radius 3 is 2.74 bits per heavy atom. The maximum Gasteiger partial charge on any atom is 0.407 e. The second-order valence-electron chi connectivity index (χ2n) is 5.00. The first-order valence-corrected chi connectivity index (χ1v) is 7.35. The van der Waals surface area contributed by atoms with Crippen LogP contribution in [0, 0.1) is 24.6 Å². The van der Waals surface area contributed by atoms with Gasteiger partial charge in [0.25, 0.3) is 0 Å². The van der Waals surface area contributed by atoms with Crippen LogP contribution in [0.1, 0.15) is 23.1 Å². The number of carbonyl (C=O) groups excluding carboxylic acids is 1. The van der Waals surface area contributed by atoms with Crippen LogP contribution < -0.4 is 5.32 Å². The zero-order valence-corrected chi connectivity index (χ0v) is 12.9. The number of rotatable bonds is 4. The summed E-state index contributed by atoms with van der Waals surface area (Å²) in [6.45, 7) is 2.35. The van der Waals surface area contributed by atoms with E-state index in [1.54, 1.807) is 19.1 Å². The van der Waals surface area contributed by atoms with Crippen molar-refractivity contribution >= 4 is 6.09 Å². The van der Waals surface area contributed by atoms with Gasteiger partial charge in [0, 0.05) is 18.5 Å². The largest absolute Gasteiger partial charge is 0.445 e. The number of nitrogens with one attached hydrogen (secondary N) is 1. The van der Waals surface area contributed by atoms with Crippen LogP contribution in [0.15, 0.2) is 48.5 Å². The lowest BCUT2D eigenvalue weighted by Crippen LogP contribution is -2.24. The van der Waals surface area contributed by atoms with Gasteiger partial charge < -0.3 is 10.1 Å². The summed E-state index contributed by atoms with van der Waals surface area (Å²) in [5, 5.41) is 2.64. The molecule has 118 valence electrons. The third kappa shape index (κ3) is 5.84. The molecule has 1 N–H and O–H groups in total. The van der Waals surface area contributed by atoms with E-state index in [0.717, 1.165) is 11.1 Å². The Balaban J connectivity index is 1.68. The highest BCUT2D eigenvalue weighted by Gasteiger charge is 2.00. The van der Waals surface area contributed by atoms with E-state index in [4.69, 9.17) is 4.74 Å². The molecule has 0 aliphatic carbocycles. The van der Waals surface area contributed by atoms with Gasteiger partial charge in [-0.3, -0.25) is 0 Å². The van der Waals surface area contributed by atoms with Gasteiger partial charge >= 0.3 is 6.09 Å². The minimum Gasteiger partial charge on any atom is -0.445 e. The van der Waals surface area contributed by atoms with Crippen LogP contribution in [0.3, 0.4) is 0 Å². The molecule has 0 spiro atoms. The quantitative estimate of drug-likeness (QED) is 0.689. The van der Waals surface area contributed by atoms with Crippen LogP contribution in [0.5, 0.6) is 0 Å². The van der Waals surface area contributed by atoms with E-state index in [1.165, 1.54) is 6.07 Å². The minimum absolute atomic E-state index is 0.238. The summed E-state index contributed by atoms with van der Waals surface area (Å²) >= 11 is 0. The highest BCUT2D eigenvalue weighted by Crippen LogP contribution is 2.07. The number of ether oxygens (including phenoxy) is 1. The Bertz CT molecular complexity index is 717. The molecule has 0 radical (unpaired) electrons. The van der Waals surface area contributed by atoms with Crippen molar-refractivity contribution in [1.29, 1.82) is 0 Å². The lowest BCUT2D eigenvalue weighted by Gasteiger charge is -2.05. The van der Waals surface area contributed by atoms with Crippen LogP contribution in [0.2, 0.25) is 0 Å². The molecule has 0 aliphatic heterocycles.